The van der Waals surface area contributed by atoms with Crippen LogP contribution in [0.25, 0.3) is 0 Å². The van der Waals surface area contributed by atoms with Crippen LogP contribution in [0, 0.1) is 0 Å². The number of aryl methyl sites for hydroxylation is 1. The van der Waals surface area contributed by atoms with Gasteiger partial charge in [0.05, 0.1) is 18.1 Å². The van der Waals surface area contributed by atoms with Crippen LogP contribution in [0.4, 0.5) is 5.82 Å². The Morgan fingerprint density at radius 1 is 1.38 bits per heavy atom. The van der Waals surface area contributed by atoms with Gasteiger partial charge in [-0.1, -0.05) is 0 Å². The molecule has 0 saturated carbocycles. The Morgan fingerprint density at radius 3 is 2.88 bits per heavy atom. The van der Waals surface area contributed by atoms with E-state index in [2.05, 4.69) is 9.82 Å². The van der Waals surface area contributed by atoms with Crippen molar-refractivity contribution in [3.8, 4) is 0 Å². The molecule has 0 aromatic carbocycles. The van der Waals surface area contributed by atoms with Gasteiger partial charge in [0.25, 0.3) is 0 Å². The van der Waals surface area contributed by atoms with Crippen molar-refractivity contribution in [2.75, 3.05) is 23.8 Å². The number of amides is 1. The number of carbonyl (C=O) groups excluding carboxylic acids is 1. The maximum atomic E-state index is 12.6. The van der Waals surface area contributed by atoms with E-state index in [-0.39, 0.29) is 17.8 Å². The third kappa shape index (κ3) is 3.96. The predicted octanol–water partition coefficient (Wildman–Crippen LogP) is 0.404. The molecule has 2 atom stereocenters. The highest BCUT2D eigenvalue weighted by molar-refractivity contribution is 7.89. The second-order valence-electron chi connectivity index (χ2n) is 6.36. The fourth-order valence-corrected chi connectivity index (χ4v) is 4.62. The minimum absolute atomic E-state index is 0.00679. The van der Waals surface area contributed by atoms with Crippen LogP contribution in [0.3, 0.4) is 0 Å². The Bertz CT molecular complexity index is 681. The lowest BCUT2D eigenvalue weighted by Gasteiger charge is -2.32. The first-order chi connectivity index (χ1) is 11.5. The molecule has 0 radical (unpaired) electrons. The van der Waals surface area contributed by atoms with E-state index in [4.69, 9.17) is 4.74 Å². The highest BCUT2D eigenvalue weighted by Gasteiger charge is 2.33. The molecule has 1 aromatic heterocycles. The molecule has 9 heteroatoms. The maximum absolute atomic E-state index is 12.6. The van der Waals surface area contributed by atoms with Gasteiger partial charge in [0.1, 0.15) is 11.9 Å². The van der Waals surface area contributed by atoms with Crippen LogP contribution in [0.15, 0.2) is 12.3 Å². The van der Waals surface area contributed by atoms with E-state index in [0.29, 0.717) is 31.8 Å². The number of aromatic nitrogens is 2. The van der Waals surface area contributed by atoms with E-state index < -0.39 is 16.1 Å². The molecule has 0 spiro atoms. The van der Waals surface area contributed by atoms with Gasteiger partial charge in [-0.2, -0.15) is 5.10 Å². The third-order valence-corrected chi connectivity index (χ3v) is 5.98. The number of nitrogens with zero attached hydrogens (tertiary/aromatic N) is 3. The number of ether oxygens (including phenoxy) is 1. The summed E-state index contributed by atoms with van der Waals surface area (Å²) in [5.41, 5.74) is 0. The zero-order valence-electron chi connectivity index (χ0n) is 13.8. The fraction of sp³-hybridized carbons (Fsp3) is 0.733. The molecule has 134 valence electrons. The van der Waals surface area contributed by atoms with Crippen molar-refractivity contribution in [3.63, 3.8) is 0 Å². The van der Waals surface area contributed by atoms with E-state index in [1.165, 1.54) is 0 Å². The van der Waals surface area contributed by atoms with Crippen LogP contribution >= 0.6 is 0 Å². The minimum Gasteiger partial charge on any atom is -0.378 e. The average Bonchev–Trinajstić information content (AvgIpc) is 3.19. The van der Waals surface area contributed by atoms with Gasteiger partial charge in [-0.05, 0) is 32.1 Å². The molecule has 2 aliphatic rings. The van der Waals surface area contributed by atoms with Crippen LogP contribution in [0.5, 0.6) is 0 Å². The van der Waals surface area contributed by atoms with E-state index in [0.717, 1.165) is 19.3 Å². The Balaban J connectivity index is 1.61. The molecule has 1 amide bonds. The molecule has 8 nitrogen and oxygen atoms in total. The lowest BCUT2D eigenvalue weighted by Crippen LogP contribution is -2.53. The van der Waals surface area contributed by atoms with Gasteiger partial charge in [0, 0.05) is 26.3 Å². The predicted molar refractivity (Wildman–Crippen MR) is 89.1 cm³/mol. The van der Waals surface area contributed by atoms with Gasteiger partial charge in [0.15, 0.2) is 0 Å². The van der Waals surface area contributed by atoms with Crippen LogP contribution in [-0.2, 0) is 26.6 Å². The summed E-state index contributed by atoms with van der Waals surface area (Å²) in [6.07, 6.45) is 5.28. The van der Waals surface area contributed by atoms with E-state index in [9.17, 15) is 13.2 Å². The average molecular weight is 356 g/mol. The zero-order chi connectivity index (χ0) is 17.2. The fourth-order valence-electron chi connectivity index (χ4n) is 3.28. The first kappa shape index (κ1) is 17.4. The summed E-state index contributed by atoms with van der Waals surface area (Å²) in [6.45, 7) is 1.28. The van der Waals surface area contributed by atoms with Crippen LogP contribution in [0.1, 0.15) is 32.1 Å². The monoisotopic (exact) mass is 356 g/mol. The van der Waals surface area contributed by atoms with Gasteiger partial charge in [-0.15, -0.1) is 0 Å². The summed E-state index contributed by atoms with van der Waals surface area (Å²) < 4.78 is 34.3. The van der Waals surface area contributed by atoms with Gasteiger partial charge in [-0.25, -0.2) is 13.1 Å². The number of rotatable bonds is 6. The van der Waals surface area contributed by atoms with Crippen molar-refractivity contribution in [1.82, 2.24) is 14.5 Å². The normalized spacial score (nSPS) is 25.4. The molecule has 2 saturated heterocycles. The Kier molecular flexibility index (Phi) is 5.21. The molecule has 3 heterocycles. The van der Waals surface area contributed by atoms with E-state index >= 15 is 0 Å². The maximum Gasteiger partial charge on any atom is 0.246 e. The molecule has 1 N–H and O–H groups in total. The molecule has 24 heavy (non-hydrogen) atoms. The van der Waals surface area contributed by atoms with Crippen molar-refractivity contribution < 1.29 is 17.9 Å². The first-order valence-electron chi connectivity index (χ1n) is 8.37. The van der Waals surface area contributed by atoms with Crippen molar-refractivity contribution >= 4 is 21.7 Å². The van der Waals surface area contributed by atoms with Crippen molar-refractivity contribution in [2.24, 2.45) is 7.05 Å². The standard InChI is InChI=1S/C15H24N4O4S/c1-18-14(6-8-16-18)19-9-2-5-13(15(19)20)17-24(21,22)11-7-12-4-3-10-23-12/h6,8,12-13,17H,2-5,7,9-11H2,1H3/t12-,13-/m0/s1. The summed E-state index contributed by atoms with van der Waals surface area (Å²) in [4.78, 5) is 14.2. The van der Waals surface area contributed by atoms with E-state index in [1.807, 2.05) is 0 Å². The lowest BCUT2D eigenvalue weighted by molar-refractivity contribution is -0.121. The molecule has 0 aliphatic carbocycles. The van der Waals surface area contributed by atoms with Crippen LogP contribution < -0.4 is 9.62 Å². The lowest BCUT2D eigenvalue weighted by atomic mass is 10.1. The van der Waals surface area contributed by atoms with Gasteiger partial charge in [0.2, 0.25) is 15.9 Å². The number of anilines is 1. The van der Waals surface area contributed by atoms with Crippen LogP contribution in [0.2, 0.25) is 0 Å². The quantitative estimate of drug-likeness (QED) is 0.796. The summed E-state index contributed by atoms with van der Waals surface area (Å²) in [5, 5.41) is 4.07. The molecule has 0 unspecified atom stereocenters. The Labute approximate surface area is 142 Å². The highest BCUT2D eigenvalue weighted by Crippen LogP contribution is 2.21. The second kappa shape index (κ2) is 7.20. The summed E-state index contributed by atoms with van der Waals surface area (Å²) >= 11 is 0. The number of carbonyl (C=O) groups is 1. The number of piperidine rings is 1. The molecular weight excluding hydrogens is 332 g/mol. The molecular formula is C15H24N4O4S. The highest BCUT2D eigenvalue weighted by atomic mass is 32.2. The summed E-state index contributed by atoms with van der Waals surface area (Å²) in [7, 11) is -1.74. The Hall–Kier alpha value is -1.45. The summed E-state index contributed by atoms with van der Waals surface area (Å²) in [6, 6.07) is 1.05. The minimum atomic E-state index is -3.50. The smallest absolute Gasteiger partial charge is 0.246 e. The molecule has 2 aliphatic heterocycles. The molecule has 1 aromatic rings. The number of hydrogen-bond donors (Lipinski definition) is 1. The topological polar surface area (TPSA) is 93.5 Å². The Morgan fingerprint density at radius 2 is 2.21 bits per heavy atom. The SMILES string of the molecule is Cn1nccc1N1CCC[C@H](NS(=O)(=O)CC[C@@H]2CCCO2)C1=O. The molecule has 0 bridgehead atoms. The second-order valence-corrected chi connectivity index (χ2v) is 8.23. The largest absolute Gasteiger partial charge is 0.378 e. The van der Waals surface area contributed by atoms with Crippen molar-refractivity contribution in [3.05, 3.63) is 12.3 Å². The van der Waals surface area contributed by atoms with Crippen LogP contribution in [-0.4, -0.2) is 55.2 Å². The number of hydrogen-bond acceptors (Lipinski definition) is 5. The number of sulfonamides is 1. The van der Waals surface area contributed by atoms with Gasteiger partial charge < -0.3 is 4.74 Å². The van der Waals surface area contributed by atoms with E-state index in [1.54, 1.807) is 28.9 Å². The third-order valence-electron chi connectivity index (χ3n) is 4.56. The van der Waals surface area contributed by atoms with Gasteiger partial charge in [-0.3, -0.25) is 14.4 Å². The van der Waals surface area contributed by atoms with Crippen molar-refractivity contribution in [2.45, 2.75) is 44.2 Å². The molecule has 2 fully saturated rings. The zero-order valence-corrected chi connectivity index (χ0v) is 14.7. The first-order valence-corrected chi connectivity index (χ1v) is 10.0. The molecule has 3 rings (SSSR count). The summed E-state index contributed by atoms with van der Waals surface area (Å²) in [5.74, 6) is 0.460. The van der Waals surface area contributed by atoms with Crippen molar-refractivity contribution in [1.29, 1.82) is 0 Å². The van der Waals surface area contributed by atoms with Gasteiger partial charge >= 0.3 is 0 Å². The number of nitrogens with one attached hydrogen (secondary N) is 1.